The van der Waals surface area contributed by atoms with Gasteiger partial charge in [0.2, 0.25) is 0 Å². The predicted octanol–water partition coefficient (Wildman–Crippen LogP) is 2.80. The van der Waals surface area contributed by atoms with Crippen molar-refractivity contribution in [1.29, 1.82) is 5.41 Å². The second-order valence-electron chi connectivity index (χ2n) is 6.73. The summed E-state index contributed by atoms with van der Waals surface area (Å²) < 4.78 is 0. The van der Waals surface area contributed by atoms with Gasteiger partial charge in [-0.1, -0.05) is 24.3 Å². The molecule has 25 heavy (non-hydrogen) atoms. The number of nitrogens with one attached hydrogen (secondary N) is 2. The first-order chi connectivity index (χ1) is 12.2. The first kappa shape index (κ1) is 17.5. The van der Waals surface area contributed by atoms with Gasteiger partial charge in [0.15, 0.2) is 0 Å². The molecular weight excluding hydrogens is 310 g/mol. The second-order valence-corrected chi connectivity index (χ2v) is 6.73. The Balaban J connectivity index is 1.62. The second kappa shape index (κ2) is 8.14. The van der Waals surface area contributed by atoms with Crippen LogP contribution >= 0.6 is 0 Å². The molecule has 2 aromatic rings. The van der Waals surface area contributed by atoms with Gasteiger partial charge in [0.05, 0.1) is 0 Å². The van der Waals surface area contributed by atoms with E-state index >= 15 is 0 Å². The maximum atomic E-state index is 7.44. The third-order valence-corrected chi connectivity index (χ3v) is 4.75. The molecule has 1 saturated heterocycles. The van der Waals surface area contributed by atoms with E-state index in [9.17, 15) is 0 Å². The van der Waals surface area contributed by atoms with Gasteiger partial charge in [-0.3, -0.25) is 4.90 Å². The topological polar surface area (TPSA) is 91.2 Å². The molecule has 0 amide bonds. The molecule has 5 heteroatoms. The predicted molar refractivity (Wildman–Crippen MR) is 105 cm³/mol. The largest absolute Gasteiger partial charge is 0.398 e. The van der Waals surface area contributed by atoms with Crippen LogP contribution in [0.25, 0.3) is 0 Å². The molecule has 0 saturated carbocycles. The highest BCUT2D eigenvalue weighted by Gasteiger charge is 2.20. The molecule has 1 unspecified atom stereocenters. The molecular formula is C20H27N5. The number of hydrogen-bond donors (Lipinski definition) is 4. The first-order valence-corrected chi connectivity index (χ1v) is 8.84. The quantitative estimate of drug-likeness (QED) is 0.482. The molecule has 1 heterocycles. The minimum atomic E-state index is 0.411. The summed E-state index contributed by atoms with van der Waals surface area (Å²) in [4.78, 5) is 2.49. The zero-order valence-electron chi connectivity index (χ0n) is 14.5. The van der Waals surface area contributed by atoms with Crippen LogP contribution in [0.2, 0.25) is 0 Å². The van der Waals surface area contributed by atoms with Crippen molar-refractivity contribution in [3.05, 3.63) is 59.2 Å². The zero-order chi connectivity index (χ0) is 17.6. The minimum absolute atomic E-state index is 0.411. The molecule has 5 nitrogen and oxygen atoms in total. The van der Waals surface area contributed by atoms with E-state index in [2.05, 4.69) is 34.5 Å². The summed E-state index contributed by atoms with van der Waals surface area (Å²) in [6.45, 7) is 3.68. The summed E-state index contributed by atoms with van der Waals surface area (Å²) in [5, 5.41) is 11.0. The number of anilines is 2. The Labute approximate surface area is 149 Å². The van der Waals surface area contributed by atoms with Crippen molar-refractivity contribution >= 4 is 17.6 Å². The molecule has 0 bridgehead atoms. The van der Waals surface area contributed by atoms with Crippen molar-refractivity contribution in [1.82, 2.24) is 4.90 Å². The van der Waals surface area contributed by atoms with Crippen molar-refractivity contribution in [2.75, 3.05) is 24.1 Å². The monoisotopic (exact) mass is 337 g/mol. The molecule has 1 aliphatic heterocycles. The van der Waals surface area contributed by atoms with Crippen molar-refractivity contribution in [3.8, 4) is 0 Å². The Morgan fingerprint density at radius 1 is 1.20 bits per heavy atom. The van der Waals surface area contributed by atoms with Gasteiger partial charge in [0.25, 0.3) is 0 Å². The van der Waals surface area contributed by atoms with E-state index in [0.717, 1.165) is 37.3 Å². The van der Waals surface area contributed by atoms with Gasteiger partial charge in [-0.15, -0.1) is 0 Å². The number of rotatable bonds is 6. The Morgan fingerprint density at radius 2 is 2.04 bits per heavy atom. The van der Waals surface area contributed by atoms with Crippen LogP contribution in [0.15, 0.2) is 42.5 Å². The normalized spacial score (nSPS) is 18.0. The number of nitrogens with zero attached hydrogens (tertiary/aromatic N) is 1. The molecule has 0 spiro atoms. The van der Waals surface area contributed by atoms with Crippen molar-refractivity contribution in [2.45, 2.75) is 32.0 Å². The van der Waals surface area contributed by atoms with E-state index in [1.165, 1.54) is 23.8 Å². The Morgan fingerprint density at radius 3 is 2.84 bits per heavy atom. The maximum Gasteiger partial charge on any atom is 0.0404 e. The standard InChI is InChI=1S/C20H27N5/c21-11-15-3-1-4-16(9-15)13-25-8-2-5-19(14-25)24-18-6-7-20(23)17(10-18)12-22/h1,3-4,6-7,9-10,12,19,22,24H,2,5,8,11,13-14,21,23H2. The van der Waals surface area contributed by atoms with Crippen LogP contribution in [0, 0.1) is 5.41 Å². The first-order valence-electron chi connectivity index (χ1n) is 8.84. The molecule has 2 aromatic carbocycles. The lowest BCUT2D eigenvalue weighted by Gasteiger charge is -2.34. The molecule has 1 fully saturated rings. The number of benzene rings is 2. The summed E-state index contributed by atoms with van der Waals surface area (Å²) in [5.74, 6) is 0. The summed E-state index contributed by atoms with van der Waals surface area (Å²) in [6.07, 6.45) is 3.64. The molecule has 6 N–H and O–H groups in total. The summed E-state index contributed by atoms with van der Waals surface area (Å²) in [6, 6.07) is 14.8. The molecule has 0 aliphatic carbocycles. The lowest BCUT2D eigenvalue weighted by Crippen LogP contribution is -2.41. The van der Waals surface area contributed by atoms with Crippen LogP contribution in [0.5, 0.6) is 0 Å². The van der Waals surface area contributed by atoms with Gasteiger partial charge in [0.1, 0.15) is 0 Å². The van der Waals surface area contributed by atoms with Crippen LogP contribution < -0.4 is 16.8 Å². The highest BCUT2D eigenvalue weighted by atomic mass is 15.2. The molecule has 0 radical (unpaired) electrons. The molecule has 3 rings (SSSR count). The van der Waals surface area contributed by atoms with E-state index in [4.69, 9.17) is 16.9 Å². The molecule has 132 valence electrons. The lowest BCUT2D eigenvalue weighted by atomic mass is 10.0. The van der Waals surface area contributed by atoms with Gasteiger partial charge in [-0.05, 0) is 48.7 Å². The van der Waals surface area contributed by atoms with Gasteiger partial charge < -0.3 is 22.2 Å². The van der Waals surface area contributed by atoms with Crippen LogP contribution in [-0.2, 0) is 13.1 Å². The van der Waals surface area contributed by atoms with Gasteiger partial charge in [-0.25, -0.2) is 0 Å². The number of piperidine rings is 1. The van der Waals surface area contributed by atoms with Crippen LogP contribution in [0.1, 0.15) is 29.5 Å². The highest BCUT2D eigenvalue weighted by Crippen LogP contribution is 2.21. The van der Waals surface area contributed by atoms with Gasteiger partial charge >= 0.3 is 0 Å². The number of nitrogens with two attached hydrogens (primary N) is 2. The highest BCUT2D eigenvalue weighted by molar-refractivity contribution is 5.86. The minimum Gasteiger partial charge on any atom is -0.398 e. The van der Waals surface area contributed by atoms with E-state index in [0.29, 0.717) is 18.3 Å². The fraction of sp³-hybridized carbons (Fsp3) is 0.350. The zero-order valence-corrected chi connectivity index (χ0v) is 14.5. The number of hydrogen-bond acceptors (Lipinski definition) is 5. The Bertz CT molecular complexity index is 728. The summed E-state index contributed by atoms with van der Waals surface area (Å²) >= 11 is 0. The fourth-order valence-corrected chi connectivity index (χ4v) is 3.46. The maximum absolute atomic E-state index is 7.44. The number of nitrogen functional groups attached to an aromatic ring is 1. The van der Waals surface area contributed by atoms with E-state index in [-0.39, 0.29) is 0 Å². The van der Waals surface area contributed by atoms with Crippen molar-refractivity contribution in [3.63, 3.8) is 0 Å². The number of likely N-dealkylation sites (tertiary alicyclic amines) is 1. The van der Waals surface area contributed by atoms with Crippen LogP contribution in [0.4, 0.5) is 11.4 Å². The van der Waals surface area contributed by atoms with Crippen molar-refractivity contribution in [2.24, 2.45) is 5.73 Å². The van der Waals surface area contributed by atoms with Gasteiger partial charge in [0, 0.05) is 48.8 Å². The van der Waals surface area contributed by atoms with Crippen LogP contribution in [0.3, 0.4) is 0 Å². The van der Waals surface area contributed by atoms with E-state index in [1.54, 1.807) is 0 Å². The fourth-order valence-electron chi connectivity index (χ4n) is 3.46. The summed E-state index contributed by atoms with van der Waals surface area (Å²) in [7, 11) is 0. The average molecular weight is 337 g/mol. The summed E-state index contributed by atoms with van der Waals surface area (Å²) in [5.41, 5.74) is 16.6. The lowest BCUT2D eigenvalue weighted by molar-refractivity contribution is 0.208. The Kier molecular flexibility index (Phi) is 5.68. The molecule has 1 atom stereocenters. The van der Waals surface area contributed by atoms with E-state index in [1.807, 2.05) is 18.2 Å². The molecule has 0 aromatic heterocycles. The van der Waals surface area contributed by atoms with Crippen LogP contribution in [-0.4, -0.2) is 30.2 Å². The van der Waals surface area contributed by atoms with Gasteiger partial charge in [-0.2, -0.15) is 0 Å². The Hall–Kier alpha value is -2.37. The third kappa shape index (κ3) is 4.59. The van der Waals surface area contributed by atoms with E-state index < -0.39 is 0 Å². The molecule has 1 aliphatic rings. The SMILES string of the molecule is N=Cc1cc(NC2CCCN(Cc3cccc(CN)c3)C2)ccc1N. The smallest absolute Gasteiger partial charge is 0.0404 e. The third-order valence-electron chi connectivity index (χ3n) is 4.75. The average Bonchev–Trinajstić information content (AvgIpc) is 2.64. The van der Waals surface area contributed by atoms with Crippen molar-refractivity contribution < 1.29 is 0 Å².